The first-order valence-electron chi connectivity index (χ1n) is 5.00. The quantitative estimate of drug-likeness (QED) is 0.409. The first-order valence-corrected chi connectivity index (χ1v) is 6.52. The van der Waals surface area contributed by atoms with Crippen molar-refractivity contribution in [2.24, 2.45) is 0 Å². The molecule has 0 N–H and O–H groups in total. The van der Waals surface area contributed by atoms with E-state index in [1.165, 1.54) is 28.2 Å². The van der Waals surface area contributed by atoms with Gasteiger partial charge in [0.25, 0.3) is 0 Å². The number of unbranched alkanes of at least 4 members (excludes halogenated alkanes) is 1. The summed E-state index contributed by atoms with van der Waals surface area (Å²) >= 11 is 7.54. The van der Waals surface area contributed by atoms with E-state index < -0.39 is 0 Å². The molecule has 0 atom stereocenters. The summed E-state index contributed by atoms with van der Waals surface area (Å²) in [6.07, 6.45) is 2.33. The van der Waals surface area contributed by atoms with Gasteiger partial charge in [-0.2, -0.15) is 0 Å². The fourth-order valence-electron chi connectivity index (χ4n) is 1.19. The Balaban J connectivity index is 2.39. The third-order valence-electron chi connectivity index (χ3n) is 2.28. The molecule has 0 aliphatic carbocycles. The van der Waals surface area contributed by atoms with Gasteiger partial charge in [-0.05, 0) is 55.7 Å². The lowest BCUT2D eigenvalue weighted by molar-refractivity contribution is 0.903. The van der Waals surface area contributed by atoms with E-state index in [1.807, 2.05) is 11.8 Å². The van der Waals surface area contributed by atoms with E-state index in [2.05, 4.69) is 32.0 Å². The Morgan fingerprint density at radius 1 is 1.14 bits per heavy atom. The summed E-state index contributed by atoms with van der Waals surface area (Å²) in [6, 6.07) is 6.66. The SMILES string of the molecule is Cc1ccc(SCCCCCl)cc1C. The van der Waals surface area contributed by atoms with Gasteiger partial charge in [0.1, 0.15) is 0 Å². The largest absolute Gasteiger partial charge is 0.127 e. The fraction of sp³-hybridized carbons (Fsp3) is 0.500. The molecule has 0 bridgehead atoms. The molecule has 0 aliphatic heterocycles. The predicted octanol–water partition coefficient (Wildman–Crippen LogP) is 4.41. The van der Waals surface area contributed by atoms with E-state index in [9.17, 15) is 0 Å². The molecule has 0 fully saturated rings. The summed E-state index contributed by atoms with van der Waals surface area (Å²) in [6.45, 7) is 4.31. The molecule has 0 aromatic heterocycles. The van der Waals surface area contributed by atoms with Gasteiger partial charge in [-0.1, -0.05) is 6.07 Å². The maximum Gasteiger partial charge on any atom is 0.0223 e. The molecule has 0 saturated carbocycles. The molecule has 1 aromatic carbocycles. The number of thioether (sulfide) groups is 1. The minimum Gasteiger partial charge on any atom is -0.127 e. The van der Waals surface area contributed by atoms with Crippen molar-refractivity contribution in [1.29, 1.82) is 0 Å². The van der Waals surface area contributed by atoms with Gasteiger partial charge in [-0.25, -0.2) is 0 Å². The van der Waals surface area contributed by atoms with E-state index in [-0.39, 0.29) is 0 Å². The third kappa shape index (κ3) is 3.93. The number of hydrogen-bond acceptors (Lipinski definition) is 1. The van der Waals surface area contributed by atoms with Crippen LogP contribution in [-0.4, -0.2) is 11.6 Å². The van der Waals surface area contributed by atoms with Crippen molar-refractivity contribution in [1.82, 2.24) is 0 Å². The first-order chi connectivity index (χ1) is 6.74. The minimum absolute atomic E-state index is 0.785. The van der Waals surface area contributed by atoms with E-state index >= 15 is 0 Å². The highest BCUT2D eigenvalue weighted by atomic mass is 35.5. The van der Waals surface area contributed by atoms with E-state index in [1.54, 1.807) is 0 Å². The third-order valence-corrected chi connectivity index (χ3v) is 3.62. The smallest absolute Gasteiger partial charge is 0.0223 e. The fourth-order valence-corrected chi connectivity index (χ4v) is 2.39. The Morgan fingerprint density at radius 2 is 1.93 bits per heavy atom. The lowest BCUT2D eigenvalue weighted by Crippen LogP contribution is -1.84. The van der Waals surface area contributed by atoms with Gasteiger partial charge in [-0.15, -0.1) is 23.4 Å². The molecule has 2 heteroatoms. The molecule has 0 saturated heterocycles. The summed E-state index contributed by atoms with van der Waals surface area (Å²) in [5, 5.41) is 0. The van der Waals surface area contributed by atoms with Crippen LogP contribution in [0.15, 0.2) is 23.1 Å². The molecule has 0 nitrogen and oxygen atoms in total. The normalized spacial score (nSPS) is 10.5. The average molecular weight is 229 g/mol. The second-order valence-electron chi connectivity index (χ2n) is 3.49. The van der Waals surface area contributed by atoms with Crippen LogP contribution in [0.3, 0.4) is 0 Å². The van der Waals surface area contributed by atoms with Crippen LogP contribution in [0.2, 0.25) is 0 Å². The molecular formula is C12H17ClS. The summed E-state index contributed by atoms with van der Waals surface area (Å²) in [5.41, 5.74) is 2.75. The van der Waals surface area contributed by atoms with Crippen LogP contribution in [0.4, 0.5) is 0 Å². The lowest BCUT2D eigenvalue weighted by Gasteiger charge is -2.04. The van der Waals surface area contributed by atoms with Crippen LogP contribution in [-0.2, 0) is 0 Å². The van der Waals surface area contributed by atoms with Crippen molar-refractivity contribution >= 4 is 23.4 Å². The molecule has 0 spiro atoms. The minimum atomic E-state index is 0.785. The second kappa shape index (κ2) is 6.36. The first kappa shape index (κ1) is 11.9. The van der Waals surface area contributed by atoms with Gasteiger partial charge >= 0.3 is 0 Å². The monoisotopic (exact) mass is 228 g/mol. The number of halogens is 1. The van der Waals surface area contributed by atoms with Gasteiger partial charge in [0.15, 0.2) is 0 Å². The second-order valence-corrected chi connectivity index (χ2v) is 5.04. The van der Waals surface area contributed by atoms with Crippen LogP contribution in [0.1, 0.15) is 24.0 Å². The molecular weight excluding hydrogens is 212 g/mol. The van der Waals surface area contributed by atoms with Crippen molar-refractivity contribution in [3.8, 4) is 0 Å². The van der Waals surface area contributed by atoms with Crippen LogP contribution < -0.4 is 0 Å². The molecule has 0 amide bonds. The van der Waals surface area contributed by atoms with Gasteiger partial charge in [-0.3, -0.25) is 0 Å². The van der Waals surface area contributed by atoms with Crippen molar-refractivity contribution in [3.05, 3.63) is 29.3 Å². The van der Waals surface area contributed by atoms with Gasteiger partial charge in [0.2, 0.25) is 0 Å². The Kier molecular flexibility index (Phi) is 5.42. The Morgan fingerprint density at radius 3 is 2.57 bits per heavy atom. The molecule has 0 heterocycles. The zero-order valence-corrected chi connectivity index (χ0v) is 10.4. The standard InChI is InChI=1S/C12H17ClS/c1-10-5-6-12(9-11(10)2)14-8-4-3-7-13/h5-6,9H,3-4,7-8H2,1-2H3. The molecule has 78 valence electrons. The Labute approximate surface area is 96.0 Å². The van der Waals surface area contributed by atoms with Gasteiger partial charge in [0.05, 0.1) is 0 Å². The van der Waals surface area contributed by atoms with Crippen molar-refractivity contribution in [2.45, 2.75) is 31.6 Å². The molecule has 1 aromatic rings. The molecule has 0 radical (unpaired) electrons. The highest BCUT2D eigenvalue weighted by Gasteiger charge is 1.96. The Hall–Kier alpha value is -0.140. The average Bonchev–Trinajstić information content (AvgIpc) is 2.18. The number of alkyl halides is 1. The Bertz CT molecular complexity index is 284. The summed E-state index contributed by atoms with van der Waals surface area (Å²) < 4.78 is 0. The van der Waals surface area contributed by atoms with Crippen LogP contribution in [0.5, 0.6) is 0 Å². The molecule has 0 unspecified atom stereocenters. The molecule has 1 rings (SSSR count). The highest BCUT2D eigenvalue weighted by Crippen LogP contribution is 2.22. The van der Waals surface area contributed by atoms with E-state index in [4.69, 9.17) is 11.6 Å². The molecule has 0 aliphatic rings. The summed E-state index contributed by atoms with van der Waals surface area (Å²) in [4.78, 5) is 1.38. The number of benzene rings is 1. The van der Waals surface area contributed by atoms with Crippen LogP contribution in [0, 0.1) is 13.8 Å². The predicted molar refractivity (Wildman–Crippen MR) is 66.6 cm³/mol. The van der Waals surface area contributed by atoms with Crippen molar-refractivity contribution in [3.63, 3.8) is 0 Å². The van der Waals surface area contributed by atoms with Crippen LogP contribution >= 0.6 is 23.4 Å². The summed E-state index contributed by atoms with van der Waals surface area (Å²) in [5.74, 6) is 1.96. The van der Waals surface area contributed by atoms with E-state index in [0.29, 0.717) is 0 Å². The highest BCUT2D eigenvalue weighted by molar-refractivity contribution is 7.99. The number of hydrogen-bond donors (Lipinski definition) is 0. The zero-order valence-electron chi connectivity index (χ0n) is 8.85. The number of rotatable bonds is 5. The van der Waals surface area contributed by atoms with Crippen LogP contribution in [0.25, 0.3) is 0 Å². The number of aryl methyl sites for hydroxylation is 2. The lowest BCUT2D eigenvalue weighted by atomic mass is 10.1. The van der Waals surface area contributed by atoms with E-state index in [0.717, 1.165) is 12.3 Å². The van der Waals surface area contributed by atoms with Gasteiger partial charge in [0, 0.05) is 10.8 Å². The molecule has 14 heavy (non-hydrogen) atoms. The van der Waals surface area contributed by atoms with Crippen molar-refractivity contribution < 1.29 is 0 Å². The maximum atomic E-state index is 5.62. The summed E-state index contributed by atoms with van der Waals surface area (Å²) in [7, 11) is 0. The maximum absolute atomic E-state index is 5.62. The topological polar surface area (TPSA) is 0 Å². The van der Waals surface area contributed by atoms with Crippen molar-refractivity contribution in [2.75, 3.05) is 11.6 Å². The van der Waals surface area contributed by atoms with Gasteiger partial charge < -0.3 is 0 Å². The zero-order chi connectivity index (χ0) is 10.4.